The molecule has 2 unspecified atom stereocenters. The van der Waals surface area contributed by atoms with Crippen molar-refractivity contribution < 1.29 is 18.3 Å². The molecule has 9 nitrogen and oxygen atoms in total. The van der Waals surface area contributed by atoms with Gasteiger partial charge in [0, 0.05) is 35.5 Å². The fraction of sp³-hybridized carbons (Fsp3) is 0.500. The van der Waals surface area contributed by atoms with Crippen LogP contribution in [-0.2, 0) is 14.8 Å². The molecule has 0 saturated carbocycles. The maximum absolute atomic E-state index is 14.0. The Bertz CT molecular complexity index is 1070. The lowest BCUT2D eigenvalue weighted by Gasteiger charge is -2.36. The van der Waals surface area contributed by atoms with E-state index in [2.05, 4.69) is 4.99 Å². The standard InChI is InChI=1S/C22H31N5O4S2/c1-15-6-5-11-26(15)27(12-13-28)33(30,31)21-19(14-29)17-8-3-2-7-16(17)18(20(21)32)9-4-10-25-22(23)24/h2-3,7-8,13,15,18,29H,4-6,9-12,14H2,1H3,(H4,23,24,25). The monoisotopic (exact) mass is 493 g/mol. The van der Waals surface area contributed by atoms with E-state index >= 15 is 0 Å². The van der Waals surface area contributed by atoms with Gasteiger partial charge in [-0.3, -0.25) is 4.99 Å². The summed E-state index contributed by atoms with van der Waals surface area (Å²) in [5.74, 6) is -0.365. The normalized spacial score (nSPS) is 21.4. The number of hydrogen-bond donors (Lipinski definition) is 3. The van der Waals surface area contributed by atoms with Crippen molar-refractivity contribution in [1.82, 2.24) is 9.42 Å². The maximum atomic E-state index is 14.0. The number of sulfonamides is 1. The van der Waals surface area contributed by atoms with E-state index in [0.29, 0.717) is 37.8 Å². The minimum absolute atomic E-state index is 0.00316. The first-order valence-corrected chi connectivity index (χ1v) is 12.8. The number of hydrazine groups is 1. The van der Waals surface area contributed by atoms with Crippen molar-refractivity contribution in [3.05, 3.63) is 40.3 Å². The average Bonchev–Trinajstić information content (AvgIpc) is 3.20. The summed E-state index contributed by atoms with van der Waals surface area (Å²) in [5.41, 5.74) is 12.6. The van der Waals surface area contributed by atoms with Crippen LogP contribution in [0.4, 0.5) is 0 Å². The predicted octanol–water partition coefficient (Wildman–Crippen LogP) is 1.14. The number of aldehydes is 1. The number of carbonyl (C=O) groups excluding carboxylic acids is 1. The van der Waals surface area contributed by atoms with Crippen molar-refractivity contribution in [3.63, 3.8) is 0 Å². The molecule has 2 atom stereocenters. The zero-order valence-corrected chi connectivity index (χ0v) is 20.3. The Balaban J connectivity index is 2.09. The molecular weight excluding hydrogens is 462 g/mol. The number of carbonyl (C=O) groups is 1. The van der Waals surface area contributed by atoms with Crippen molar-refractivity contribution in [2.24, 2.45) is 16.5 Å². The highest BCUT2D eigenvalue weighted by Crippen LogP contribution is 2.42. The number of thiocarbonyl (C=S) groups is 1. The van der Waals surface area contributed by atoms with Crippen LogP contribution in [0, 0.1) is 0 Å². The molecule has 1 aliphatic carbocycles. The van der Waals surface area contributed by atoms with Gasteiger partial charge < -0.3 is 21.4 Å². The molecule has 3 rings (SSSR count). The first-order valence-electron chi connectivity index (χ1n) is 11.0. The highest BCUT2D eigenvalue weighted by molar-refractivity contribution is 7.96. The zero-order chi connectivity index (χ0) is 24.2. The summed E-state index contributed by atoms with van der Waals surface area (Å²) in [7, 11) is -4.19. The van der Waals surface area contributed by atoms with Gasteiger partial charge in [0.15, 0.2) is 5.96 Å². The van der Waals surface area contributed by atoms with Gasteiger partial charge in [-0.25, -0.2) is 13.4 Å². The van der Waals surface area contributed by atoms with Crippen LogP contribution in [0.5, 0.6) is 0 Å². The number of hydrogen-bond acceptors (Lipinski definition) is 7. The van der Waals surface area contributed by atoms with Gasteiger partial charge in [-0.2, -0.15) is 0 Å². The molecule has 11 heteroatoms. The highest BCUT2D eigenvalue weighted by atomic mass is 32.2. The van der Waals surface area contributed by atoms with Gasteiger partial charge in [-0.05, 0) is 43.7 Å². The Kier molecular flexibility index (Phi) is 8.35. The highest BCUT2D eigenvalue weighted by Gasteiger charge is 2.43. The van der Waals surface area contributed by atoms with Crippen LogP contribution in [-0.4, -0.2) is 72.3 Å². The van der Waals surface area contributed by atoms with E-state index in [9.17, 15) is 18.3 Å². The number of fused-ring (bicyclic) bond motifs is 1. The summed E-state index contributed by atoms with van der Waals surface area (Å²) in [6, 6.07) is 7.33. The van der Waals surface area contributed by atoms with Crippen molar-refractivity contribution in [2.45, 2.75) is 44.6 Å². The number of nitrogens with zero attached hydrogens (tertiary/aromatic N) is 3. The lowest BCUT2D eigenvalue weighted by atomic mass is 9.80. The van der Waals surface area contributed by atoms with Gasteiger partial charge in [0.05, 0.1) is 13.2 Å². The Hall–Kier alpha value is -2.18. The van der Waals surface area contributed by atoms with Gasteiger partial charge in [0.1, 0.15) is 11.2 Å². The van der Waals surface area contributed by atoms with Gasteiger partial charge in [0.2, 0.25) is 0 Å². The second-order valence-corrected chi connectivity index (χ2v) is 10.5. The third-order valence-corrected chi connectivity index (χ3v) is 8.66. The lowest BCUT2D eigenvalue weighted by molar-refractivity contribution is -0.110. The SMILES string of the molecule is CC1CCCN1N(CC=O)S(=O)(=O)C1=C(CO)c2ccccc2C(CCCN=C(N)N)C1=S. The van der Waals surface area contributed by atoms with Crippen LogP contribution in [0.25, 0.3) is 5.57 Å². The lowest BCUT2D eigenvalue weighted by Crippen LogP contribution is -2.50. The van der Waals surface area contributed by atoms with Crippen LogP contribution < -0.4 is 11.5 Å². The van der Waals surface area contributed by atoms with E-state index in [1.54, 1.807) is 17.1 Å². The summed E-state index contributed by atoms with van der Waals surface area (Å²) in [4.78, 5) is 15.6. The molecule has 1 aliphatic heterocycles. The first-order chi connectivity index (χ1) is 15.7. The molecule has 0 spiro atoms. The molecule has 0 radical (unpaired) electrons. The van der Waals surface area contributed by atoms with Crippen LogP contribution in [0.3, 0.4) is 0 Å². The molecule has 33 heavy (non-hydrogen) atoms. The van der Waals surface area contributed by atoms with E-state index in [-0.39, 0.29) is 39.8 Å². The average molecular weight is 494 g/mol. The Labute approximate surface area is 200 Å². The number of nitrogens with two attached hydrogens (primary N) is 2. The predicted molar refractivity (Wildman–Crippen MR) is 133 cm³/mol. The van der Waals surface area contributed by atoms with Gasteiger partial charge >= 0.3 is 0 Å². The summed E-state index contributed by atoms with van der Waals surface area (Å²) in [5, 5.41) is 12.0. The molecule has 0 bridgehead atoms. The molecule has 1 fully saturated rings. The Morgan fingerprint density at radius 3 is 2.70 bits per heavy atom. The number of rotatable bonds is 10. The maximum Gasteiger partial charge on any atom is 0.257 e. The molecule has 5 N–H and O–H groups in total. The number of benzene rings is 1. The van der Waals surface area contributed by atoms with Crippen LogP contribution in [0.1, 0.15) is 49.7 Å². The topological polar surface area (TPSA) is 142 Å². The number of guanidine groups is 1. The summed E-state index contributed by atoms with van der Waals surface area (Å²) in [6.07, 6.45) is 3.38. The third-order valence-electron chi connectivity index (χ3n) is 6.15. The number of aliphatic hydroxyl groups excluding tert-OH is 1. The van der Waals surface area contributed by atoms with E-state index in [0.717, 1.165) is 22.8 Å². The number of aliphatic hydroxyl groups is 1. The minimum atomic E-state index is -4.19. The van der Waals surface area contributed by atoms with E-state index in [1.165, 1.54) is 0 Å². The Morgan fingerprint density at radius 1 is 1.36 bits per heavy atom. The second-order valence-electron chi connectivity index (χ2n) is 8.25. The molecular formula is C22H31N5O4S2. The van der Waals surface area contributed by atoms with Gasteiger partial charge in [-0.15, -0.1) is 4.41 Å². The van der Waals surface area contributed by atoms with Gasteiger partial charge in [0.25, 0.3) is 10.0 Å². The van der Waals surface area contributed by atoms with Crippen LogP contribution in [0.2, 0.25) is 0 Å². The molecule has 180 valence electrons. The quantitative estimate of drug-likeness (QED) is 0.145. The third kappa shape index (κ3) is 5.17. The summed E-state index contributed by atoms with van der Waals surface area (Å²) < 4.78 is 29.1. The fourth-order valence-electron chi connectivity index (χ4n) is 4.64. The molecule has 0 amide bonds. The molecule has 1 aromatic carbocycles. The molecule has 1 saturated heterocycles. The second kappa shape index (κ2) is 10.8. The van der Waals surface area contributed by atoms with E-state index in [1.807, 2.05) is 19.1 Å². The Morgan fingerprint density at radius 2 is 2.09 bits per heavy atom. The zero-order valence-electron chi connectivity index (χ0n) is 18.7. The summed E-state index contributed by atoms with van der Waals surface area (Å²) >= 11 is 5.76. The molecule has 2 aliphatic rings. The first kappa shape index (κ1) is 25.4. The molecule has 1 heterocycles. The largest absolute Gasteiger partial charge is 0.392 e. The molecule has 0 aromatic heterocycles. The van der Waals surface area contributed by atoms with Crippen LogP contribution >= 0.6 is 12.2 Å². The van der Waals surface area contributed by atoms with Crippen molar-refractivity contribution in [2.75, 3.05) is 26.2 Å². The number of allylic oxidation sites excluding steroid dienone is 1. The smallest absolute Gasteiger partial charge is 0.257 e. The van der Waals surface area contributed by atoms with E-state index < -0.39 is 16.6 Å². The van der Waals surface area contributed by atoms with Crippen molar-refractivity contribution in [1.29, 1.82) is 0 Å². The van der Waals surface area contributed by atoms with Gasteiger partial charge in [-0.1, -0.05) is 36.5 Å². The number of aliphatic imine (C=N–C) groups is 1. The molecule has 1 aromatic rings. The minimum Gasteiger partial charge on any atom is -0.392 e. The van der Waals surface area contributed by atoms with Crippen molar-refractivity contribution in [3.8, 4) is 0 Å². The van der Waals surface area contributed by atoms with Crippen molar-refractivity contribution >= 4 is 44.9 Å². The summed E-state index contributed by atoms with van der Waals surface area (Å²) in [6.45, 7) is 2.06. The van der Waals surface area contributed by atoms with E-state index in [4.69, 9.17) is 23.7 Å². The fourth-order valence-corrected chi connectivity index (χ4v) is 7.19. The van der Waals surface area contributed by atoms with Crippen LogP contribution in [0.15, 0.2) is 34.2 Å².